The van der Waals surface area contributed by atoms with E-state index in [1.807, 2.05) is 0 Å². The monoisotopic (exact) mass is 244 g/mol. The molecule has 0 radical (unpaired) electrons. The predicted octanol–water partition coefficient (Wildman–Crippen LogP) is 1.65. The Balaban J connectivity index is 5.49. The fourth-order valence-electron chi connectivity index (χ4n) is 1.98. The molecular formula is C12H20O5. The van der Waals surface area contributed by atoms with Gasteiger partial charge in [0.2, 0.25) is 0 Å². The van der Waals surface area contributed by atoms with Crippen LogP contribution in [-0.2, 0) is 19.1 Å². The van der Waals surface area contributed by atoms with E-state index >= 15 is 0 Å². The molecule has 5 heteroatoms. The Bertz CT molecular complexity index is 310. The van der Waals surface area contributed by atoms with Gasteiger partial charge in [0.05, 0.1) is 12.5 Å². The largest absolute Gasteiger partial charge is 0.481 e. The summed E-state index contributed by atoms with van der Waals surface area (Å²) in [5.74, 6) is -3.43. The number of ketones is 1. The summed E-state index contributed by atoms with van der Waals surface area (Å²) in [7, 11) is 0. The SMILES string of the molecule is CCCC(C(C)=O)(C(=O)OCC)C(C)C(=O)O. The number of hydrogen-bond donors (Lipinski definition) is 1. The van der Waals surface area contributed by atoms with Crippen LogP contribution < -0.4 is 0 Å². The molecular weight excluding hydrogens is 224 g/mol. The fourth-order valence-corrected chi connectivity index (χ4v) is 1.98. The van der Waals surface area contributed by atoms with Gasteiger partial charge in [-0.3, -0.25) is 14.4 Å². The van der Waals surface area contributed by atoms with Crippen molar-refractivity contribution in [3.63, 3.8) is 0 Å². The van der Waals surface area contributed by atoms with Gasteiger partial charge < -0.3 is 9.84 Å². The van der Waals surface area contributed by atoms with Crippen molar-refractivity contribution < 1.29 is 24.2 Å². The highest BCUT2D eigenvalue weighted by molar-refractivity contribution is 6.05. The Morgan fingerprint density at radius 1 is 1.29 bits per heavy atom. The second kappa shape index (κ2) is 6.37. The van der Waals surface area contributed by atoms with Gasteiger partial charge in [0.25, 0.3) is 0 Å². The van der Waals surface area contributed by atoms with Crippen LogP contribution in [0.4, 0.5) is 0 Å². The number of rotatable bonds is 7. The van der Waals surface area contributed by atoms with Crippen LogP contribution in [0.2, 0.25) is 0 Å². The van der Waals surface area contributed by atoms with Gasteiger partial charge in [0, 0.05) is 0 Å². The number of Topliss-reactive ketones (excluding diaryl/α,β-unsaturated/α-hetero) is 1. The molecule has 0 bridgehead atoms. The third kappa shape index (κ3) is 3.05. The van der Waals surface area contributed by atoms with Crippen molar-refractivity contribution in [3.05, 3.63) is 0 Å². The lowest BCUT2D eigenvalue weighted by Gasteiger charge is -2.31. The number of ether oxygens (including phenoxy) is 1. The Morgan fingerprint density at radius 2 is 1.82 bits per heavy atom. The molecule has 17 heavy (non-hydrogen) atoms. The summed E-state index contributed by atoms with van der Waals surface area (Å²) in [5, 5.41) is 9.05. The lowest BCUT2D eigenvalue weighted by atomic mass is 9.70. The van der Waals surface area contributed by atoms with Crippen molar-refractivity contribution in [2.75, 3.05) is 6.61 Å². The minimum Gasteiger partial charge on any atom is -0.481 e. The number of aliphatic carboxylic acids is 1. The van der Waals surface area contributed by atoms with Crippen LogP contribution in [-0.4, -0.2) is 29.4 Å². The van der Waals surface area contributed by atoms with Gasteiger partial charge in [0.15, 0.2) is 0 Å². The molecule has 0 rings (SSSR count). The van der Waals surface area contributed by atoms with Crippen LogP contribution >= 0.6 is 0 Å². The Morgan fingerprint density at radius 3 is 2.12 bits per heavy atom. The molecule has 0 aromatic carbocycles. The average molecular weight is 244 g/mol. The van der Waals surface area contributed by atoms with E-state index in [-0.39, 0.29) is 13.0 Å². The molecule has 0 aliphatic heterocycles. The van der Waals surface area contributed by atoms with Gasteiger partial charge in [-0.05, 0) is 20.3 Å². The lowest BCUT2D eigenvalue weighted by Crippen LogP contribution is -2.47. The summed E-state index contributed by atoms with van der Waals surface area (Å²) in [5.41, 5.74) is -1.56. The van der Waals surface area contributed by atoms with Gasteiger partial charge in [-0.1, -0.05) is 20.3 Å². The number of hydrogen-bond acceptors (Lipinski definition) is 4. The average Bonchev–Trinajstić information content (AvgIpc) is 2.24. The summed E-state index contributed by atoms with van der Waals surface area (Å²) in [6.07, 6.45) is 0.727. The van der Waals surface area contributed by atoms with Gasteiger partial charge in [0.1, 0.15) is 11.2 Å². The molecule has 2 atom stereocenters. The molecule has 5 nitrogen and oxygen atoms in total. The molecule has 0 fully saturated rings. The minimum atomic E-state index is -1.56. The first kappa shape index (κ1) is 15.6. The molecule has 0 saturated carbocycles. The molecule has 1 N–H and O–H groups in total. The van der Waals surface area contributed by atoms with Crippen molar-refractivity contribution in [3.8, 4) is 0 Å². The molecule has 0 amide bonds. The third-order valence-electron chi connectivity index (χ3n) is 3.02. The fraction of sp³-hybridized carbons (Fsp3) is 0.750. The first-order valence-corrected chi connectivity index (χ1v) is 5.75. The highest BCUT2D eigenvalue weighted by Crippen LogP contribution is 2.36. The van der Waals surface area contributed by atoms with Crippen molar-refractivity contribution >= 4 is 17.7 Å². The standard InChI is InChI=1S/C12H20O5/c1-5-7-12(9(4)13,8(3)10(14)15)11(16)17-6-2/h8H,5-7H2,1-4H3,(H,14,15). The smallest absolute Gasteiger partial charge is 0.320 e. The van der Waals surface area contributed by atoms with E-state index in [0.717, 1.165) is 0 Å². The maximum Gasteiger partial charge on any atom is 0.320 e. The van der Waals surface area contributed by atoms with Crippen LogP contribution in [0.1, 0.15) is 40.5 Å². The van der Waals surface area contributed by atoms with Crippen molar-refractivity contribution in [1.29, 1.82) is 0 Å². The number of carbonyl (C=O) groups is 3. The molecule has 0 aromatic rings. The summed E-state index contributed by atoms with van der Waals surface area (Å²) in [6, 6.07) is 0. The van der Waals surface area contributed by atoms with Crippen molar-refractivity contribution in [2.24, 2.45) is 11.3 Å². The molecule has 0 spiro atoms. The minimum absolute atomic E-state index is 0.129. The Hall–Kier alpha value is -1.39. The van der Waals surface area contributed by atoms with E-state index in [1.165, 1.54) is 13.8 Å². The first-order valence-electron chi connectivity index (χ1n) is 5.75. The van der Waals surface area contributed by atoms with E-state index in [4.69, 9.17) is 9.84 Å². The van der Waals surface area contributed by atoms with E-state index in [1.54, 1.807) is 13.8 Å². The van der Waals surface area contributed by atoms with Crippen molar-refractivity contribution in [1.82, 2.24) is 0 Å². The van der Waals surface area contributed by atoms with E-state index in [2.05, 4.69) is 0 Å². The maximum atomic E-state index is 11.9. The van der Waals surface area contributed by atoms with Crippen LogP contribution in [0.25, 0.3) is 0 Å². The second-order valence-electron chi connectivity index (χ2n) is 4.06. The first-order chi connectivity index (χ1) is 7.84. The Labute approximate surface area is 101 Å². The second-order valence-corrected chi connectivity index (χ2v) is 4.06. The zero-order valence-corrected chi connectivity index (χ0v) is 10.8. The zero-order valence-electron chi connectivity index (χ0n) is 10.8. The lowest BCUT2D eigenvalue weighted by molar-refractivity contribution is -0.170. The maximum absolute atomic E-state index is 11.9. The quantitative estimate of drug-likeness (QED) is 0.544. The van der Waals surface area contributed by atoms with Crippen LogP contribution in [0.3, 0.4) is 0 Å². The molecule has 0 heterocycles. The van der Waals surface area contributed by atoms with Gasteiger partial charge in [-0.25, -0.2) is 0 Å². The van der Waals surface area contributed by atoms with Crippen LogP contribution in [0.5, 0.6) is 0 Å². The molecule has 0 saturated heterocycles. The normalized spacial score (nSPS) is 15.8. The van der Waals surface area contributed by atoms with Gasteiger partial charge >= 0.3 is 11.9 Å². The van der Waals surface area contributed by atoms with E-state index in [9.17, 15) is 14.4 Å². The van der Waals surface area contributed by atoms with Crippen LogP contribution in [0.15, 0.2) is 0 Å². The van der Waals surface area contributed by atoms with E-state index < -0.39 is 29.1 Å². The topological polar surface area (TPSA) is 80.7 Å². The summed E-state index contributed by atoms with van der Waals surface area (Å²) in [6.45, 7) is 6.16. The van der Waals surface area contributed by atoms with Crippen LogP contribution in [0, 0.1) is 11.3 Å². The molecule has 0 aliphatic carbocycles. The highest BCUT2D eigenvalue weighted by Gasteiger charge is 2.51. The number of esters is 1. The summed E-state index contributed by atoms with van der Waals surface area (Å²) >= 11 is 0. The van der Waals surface area contributed by atoms with E-state index in [0.29, 0.717) is 6.42 Å². The van der Waals surface area contributed by atoms with Gasteiger partial charge in [-0.2, -0.15) is 0 Å². The predicted molar refractivity (Wildman–Crippen MR) is 61.5 cm³/mol. The molecule has 0 aromatic heterocycles. The van der Waals surface area contributed by atoms with Crippen molar-refractivity contribution in [2.45, 2.75) is 40.5 Å². The summed E-state index contributed by atoms with van der Waals surface area (Å²) in [4.78, 5) is 34.8. The third-order valence-corrected chi connectivity index (χ3v) is 3.02. The van der Waals surface area contributed by atoms with Gasteiger partial charge in [-0.15, -0.1) is 0 Å². The Kier molecular flexibility index (Phi) is 5.85. The molecule has 0 aliphatic rings. The molecule has 98 valence electrons. The molecule has 2 unspecified atom stereocenters. The number of carboxylic acid groups (broad SMARTS) is 1. The number of carboxylic acids is 1. The highest BCUT2D eigenvalue weighted by atomic mass is 16.5. The zero-order chi connectivity index (χ0) is 13.6. The summed E-state index contributed by atoms with van der Waals surface area (Å²) < 4.78 is 4.87. The number of carbonyl (C=O) groups excluding carboxylic acids is 2.